The molecule has 0 aromatic heterocycles. The first-order chi connectivity index (χ1) is 31.5. The molecule has 0 saturated heterocycles. The van der Waals surface area contributed by atoms with Crippen LogP contribution in [0, 0.1) is 0 Å². The first-order valence-electron chi connectivity index (χ1n) is 27.6. The third kappa shape index (κ3) is 50.4. The van der Waals surface area contributed by atoms with Crippen molar-refractivity contribution >= 4 is 17.9 Å². The monoisotopic (exact) mass is 897 g/mol. The fourth-order valence-electron chi connectivity index (χ4n) is 7.86. The van der Waals surface area contributed by atoms with Crippen molar-refractivity contribution in [3.05, 3.63) is 48.6 Å². The predicted molar refractivity (Wildman–Crippen MR) is 275 cm³/mol. The lowest BCUT2D eigenvalue weighted by Gasteiger charge is -2.18. The molecule has 372 valence electrons. The summed E-state index contributed by atoms with van der Waals surface area (Å²) in [6.45, 7) is 6.57. The fourth-order valence-corrected chi connectivity index (χ4v) is 7.86. The zero-order chi connectivity index (χ0) is 46.5. The topological polar surface area (TPSA) is 78.9 Å². The van der Waals surface area contributed by atoms with Crippen LogP contribution in [0.5, 0.6) is 0 Å². The highest BCUT2D eigenvalue weighted by Gasteiger charge is 2.19. The van der Waals surface area contributed by atoms with Gasteiger partial charge in [-0.05, 0) is 83.5 Å². The molecule has 0 radical (unpaired) electrons. The summed E-state index contributed by atoms with van der Waals surface area (Å²) in [7, 11) is 0. The van der Waals surface area contributed by atoms with Crippen LogP contribution in [0.1, 0.15) is 284 Å². The van der Waals surface area contributed by atoms with Crippen LogP contribution in [0.3, 0.4) is 0 Å². The highest BCUT2D eigenvalue weighted by Crippen LogP contribution is 2.15. The maximum Gasteiger partial charge on any atom is 0.306 e. The van der Waals surface area contributed by atoms with Crippen molar-refractivity contribution in [2.24, 2.45) is 0 Å². The Kier molecular flexibility index (Phi) is 50.8. The van der Waals surface area contributed by atoms with Crippen LogP contribution in [-0.2, 0) is 28.6 Å². The average molecular weight is 897 g/mol. The van der Waals surface area contributed by atoms with Gasteiger partial charge in [-0.2, -0.15) is 0 Å². The fraction of sp³-hybridized carbons (Fsp3) is 0.810. The maximum absolute atomic E-state index is 12.8. The molecular formula is C58H104O6. The number of hydrogen-bond acceptors (Lipinski definition) is 6. The van der Waals surface area contributed by atoms with E-state index in [0.29, 0.717) is 19.3 Å². The minimum atomic E-state index is -0.777. The van der Waals surface area contributed by atoms with Gasteiger partial charge in [-0.3, -0.25) is 14.4 Å². The van der Waals surface area contributed by atoms with Gasteiger partial charge in [0.2, 0.25) is 0 Å². The second-order valence-electron chi connectivity index (χ2n) is 18.5. The molecule has 0 aliphatic carbocycles. The summed E-state index contributed by atoms with van der Waals surface area (Å²) in [5.41, 5.74) is 0. The highest BCUT2D eigenvalue weighted by atomic mass is 16.6. The quantitative estimate of drug-likeness (QED) is 0.0262. The molecular weight excluding hydrogens is 793 g/mol. The van der Waals surface area contributed by atoms with Crippen LogP contribution in [0.4, 0.5) is 0 Å². The summed E-state index contributed by atoms with van der Waals surface area (Å²) in [5, 5.41) is 0. The van der Waals surface area contributed by atoms with E-state index in [1.165, 1.54) is 154 Å². The molecule has 0 bridgehead atoms. The molecule has 0 fully saturated rings. The number of carbonyl (C=O) groups is 3. The SMILES string of the molecule is CCCCCC/C=C\C/C=C\CCCCCCCC(=O)OC(COC(=O)CCCCCCCCC)COC(=O)CCCCCCCCCCCCC/C=C\C/C=C\CCCCCCC. The van der Waals surface area contributed by atoms with Crippen LogP contribution in [0.25, 0.3) is 0 Å². The maximum atomic E-state index is 12.8. The molecule has 0 rings (SSSR count). The van der Waals surface area contributed by atoms with Gasteiger partial charge in [-0.1, -0.05) is 230 Å². The Balaban J connectivity index is 4.19. The minimum absolute atomic E-state index is 0.0780. The molecule has 1 unspecified atom stereocenters. The van der Waals surface area contributed by atoms with Crippen LogP contribution in [0.15, 0.2) is 48.6 Å². The smallest absolute Gasteiger partial charge is 0.306 e. The molecule has 0 aromatic carbocycles. The van der Waals surface area contributed by atoms with Crippen molar-refractivity contribution in [1.29, 1.82) is 0 Å². The molecule has 0 saturated carbocycles. The van der Waals surface area contributed by atoms with E-state index in [0.717, 1.165) is 89.9 Å². The standard InChI is InChI=1S/C58H104O6/c1-4-7-10-13-16-18-20-22-24-26-27-28-29-30-31-32-34-35-37-39-42-45-48-51-57(60)63-54-55(53-62-56(59)50-47-44-41-15-12-9-6-3)64-58(61)52-49-46-43-40-38-36-33-25-23-21-19-17-14-11-8-5-2/h19-22,25-27,33,55H,4-18,23-24,28-32,34-54H2,1-3H3/b21-19-,22-20-,27-26-,33-25-. The van der Waals surface area contributed by atoms with Crippen molar-refractivity contribution < 1.29 is 28.6 Å². The lowest BCUT2D eigenvalue weighted by Crippen LogP contribution is -2.30. The van der Waals surface area contributed by atoms with Gasteiger partial charge in [0.1, 0.15) is 13.2 Å². The number of esters is 3. The van der Waals surface area contributed by atoms with Crippen LogP contribution < -0.4 is 0 Å². The largest absolute Gasteiger partial charge is 0.462 e. The number of unbranched alkanes of at least 4 members (excludes halogenated alkanes) is 31. The predicted octanol–water partition coefficient (Wildman–Crippen LogP) is 18.3. The molecule has 0 N–H and O–H groups in total. The van der Waals surface area contributed by atoms with Gasteiger partial charge in [-0.25, -0.2) is 0 Å². The summed E-state index contributed by atoms with van der Waals surface area (Å²) in [5.74, 6) is -0.892. The molecule has 0 aromatic rings. The van der Waals surface area contributed by atoms with Gasteiger partial charge in [0.25, 0.3) is 0 Å². The van der Waals surface area contributed by atoms with Crippen LogP contribution in [-0.4, -0.2) is 37.2 Å². The molecule has 0 aliphatic heterocycles. The molecule has 6 heteroatoms. The van der Waals surface area contributed by atoms with E-state index in [4.69, 9.17) is 14.2 Å². The van der Waals surface area contributed by atoms with E-state index < -0.39 is 6.10 Å². The number of rotatable bonds is 50. The summed E-state index contributed by atoms with van der Waals surface area (Å²) in [6.07, 6.45) is 64.0. The number of carbonyl (C=O) groups excluding carboxylic acids is 3. The zero-order valence-electron chi connectivity index (χ0n) is 42.6. The first-order valence-corrected chi connectivity index (χ1v) is 27.6. The van der Waals surface area contributed by atoms with E-state index in [2.05, 4.69) is 69.4 Å². The van der Waals surface area contributed by atoms with Crippen molar-refractivity contribution in [2.75, 3.05) is 13.2 Å². The lowest BCUT2D eigenvalue weighted by molar-refractivity contribution is -0.167. The Morgan fingerprint density at radius 3 is 0.875 bits per heavy atom. The molecule has 1 atom stereocenters. The molecule has 6 nitrogen and oxygen atoms in total. The van der Waals surface area contributed by atoms with Gasteiger partial charge < -0.3 is 14.2 Å². The van der Waals surface area contributed by atoms with Crippen molar-refractivity contribution in [3.8, 4) is 0 Å². The Bertz CT molecular complexity index is 1120. The summed E-state index contributed by atoms with van der Waals surface area (Å²) >= 11 is 0. The molecule has 0 amide bonds. The van der Waals surface area contributed by atoms with Crippen molar-refractivity contribution in [2.45, 2.75) is 290 Å². The van der Waals surface area contributed by atoms with Gasteiger partial charge >= 0.3 is 17.9 Å². The second-order valence-corrected chi connectivity index (χ2v) is 18.5. The van der Waals surface area contributed by atoms with E-state index in [-0.39, 0.29) is 31.1 Å². The highest BCUT2D eigenvalue weighted by molar-refractivity contribution is 5.71. The second kappa shape index (κ2) is 53.0. The summed E-state index contributed by atoms with van der Waals surface area (Å²) in [6, 6.07) is 0. The van der Waals surface area contributed by atoms with E-state index >= 15 is 0 Å². The number of hydrogen-bond donors (Lipinski definition) is 0. The Hall–Kier alpha value is -2.63. The zero-order valence-corrected chi connectivity index (χ0v) is 42.6. The normalized spacial score (nSPS) is 12.4. The van der Waals surface area contributed by atoms with Gasteiger partial charge in [0, 0.05) is 19.3 Å². The average Bonchev–Trinajstić information content (AvgIpc) is 3.29. The third-order valence-corrected chi connectivity index (χ3v) is 12.1. The van der Waals surface area contributed by atoms with Gasteiger partial charge in [-0.15, -0.1) is 0 Å². The minimum Gasteiger partial charge on any atom is -0.462 e. The summed E-state index contributed by atoms with van der Waals surface area (Å²) < 4.78 is 16.8. The van der Waals surface area contributed by atoms with Gasteiger partial charge in [0.15, 0.2) is 6.10 Å². The Labute approximate surface area is 397 Å². The number of ether oxygens (including phenoxy) is 3. The molecule has 64 heavy (non-hydrogen) atoms. The Morgan fingerprint density at radius 1 is 0.312 bits per heavy atom. The van der Waals surface area contributed by atoms with Crippen LogP contribution >= 0.6 is 0 Å². The van der Waals surface area contributed by atoms with E-state index in [9.17, 15) is 14.4 Å². The molecule has 0 spiro atoms. The van der Waals surface area contributed by atoms with Gasteiger partial charge in [0.05, 0.1) is 0 Å². The lowest BCUT2D eigenvalue weighted by atomic mass is 10.0. The van der Waals surface area contributed by atoms with Crippen molar-refractivity contribution in [3.63, 3.8) is 0 Å². The first kappa shape index (κ1) is 61.4. The Morgan fingerprint density at radius 2 is 0.562 bits per heavy atom. The van der Waals surface area contributed by atoms with Crippen LogP contribution in [0.2, 0.25) is 0 Å². The third-order valence-electron chi connectivity index (χ3n) is 12.1. The van der Waals surface area contributed by atoms with E-state index in [1.807, 2.05) is 0 Å². The summed E-state index contributed by atoms with van der Waals surface area (Å²) in [4.78, 5) is 37.9. The molecule has 0 heterocycles. The van der Waals surface area contributed by atoms with E-state index in [1.54, 1.807) is 0 Å². The van der Waals surface area contributed by atoms with Crippen molar-refractivity contribution in [1.82, 2.24) is 0 Å². The number of allylic oxidation sites excluding steroid dienone is 8. The molecule has 0 aliphatic rings.